The predicted molar refractivity (Wildman–Crippen MR) is 78.1 cm³/mol. The normalized spacial score (nSPS) is 9.74. The predicted octanol–water partition coefficient (Wildman–Crippen LogP) is 5.25. The quantitative estimate of drug-likeness (QED) is 0.173. The monoisotopic (exact) mass is 478 g/mol. The van der Waals surface area contributed by atoms with Crippen LogP contribution in [0.15, 0.2) is 30.3 Å². The molecule has 1 aromatic carbocycles. The molecule has 0 aromatic heterocycles. The van der Waals surface area contributed by atoms with Gasteiger partial charge in [0.05, 0.1) is 0 Å². The Morgan fingerprint density at radius 1 is 0.630 bits per heavy atom. The summed E-state index contributed by atoms with van der Waals surface area (Å²) in [6.45, 7) is 27.0. The van der Waals surface area contributed by atoms with Crippen LogP contribution in [0.1, 0.15) is 0 Å². The first-order chi connectivity index (χ1) is 11.8. The van der Waals surface area contributed by atoms with Gasteiger partial charge in [-0.15, -0.1) is 0 Å². The van der Waals surface area contributed by atoms with Crippen LogP contribution in [-0.2, 0) is 40.3 Å². The van der Waals surface area contributed by atoms with Crippen LogP contribution >= 0.6 is 15.7 Å². The van der Waals surface area contributed by atoms with Gasteiger partial charge in [0.1, 0.15) is 0 Å². The third kappa shape index (κ3) is 110. The maximum Gasteiger partial charge on any atom is 0 e. The molecule has 0 N–H and O–H groups in total. The van der Waals surface area contributed by atoms with Gasteiger partial charge in [-0.1, -0.05) is 38.3 Å². The number of hydrogen-bond acceptors (Lipinski definition) is 0. The van der Waals surface area contributed by atoms with Crippen LogP contribution in [0.5, 0.6) is 0 Å². The van der Waals surface area contributed by atoms with Crippen molar-refractivity contribution in [3.05, 3.63) is 63.6 Å². The van der Waals surface area contributed by atoms with E-state index in [1.807, 2.05) is 0 Å². The van der Waals surface area contributed by atoms with Gasteiger partial charge in [0.15, 0.2) is 0 Å². The van der Waals surface area contributed by atoms with E-state index >= 15 is 0 Å². The van der Waals surface area contributed by atoms with Gasteiger partial charge in [0, 0.05) is 17.1 Å². The van der Waals surface area contributed by atoms with Crippen molar-refractivity contribution < 1.29 is 65.5 Å². The largest absolute Gasteiger partial charge is 0 e. The summed E-state index contributed by atoms with van der Waals surface area (Å²) in [6.07, 6.45) is 0. The van der Waals surface area contributed by atoms with Gasteiger partial charge in [0.25, 0.3) is 0 Å². The second-order valence-electron chi connectivity index (χ2n) is 3.19. The van der Waals surface area contributed by atoms with Crippen molar-refractivity contribution in [1.29, 1.82) is 0 Å². The molecule has 0 unspecified atom stereocenters. The summed E-state index contributed by atoms with van der Waals surface area (Å²) >= 11 is 0. The van der Waals surface area contributed by atoms with E-state index in [1.54, 1.807) is 0 Å². The van der Waals surface area contributed by atoms with Gasteiger partial charge in [-0.25, -0.2) is 0 Å². The van der Waals surface area contributed by atoms with E-state index in [1.165, 1.54) is 5.30 Å². The molecule has 0 saturated carbocycles. The van der Waals surface area contributed by atoms with E-state index in [0.717, 1.165) is 0 Å². The molecule has 0 fully saturated rings. The van der Waals surface area contributed by atoms with Gasteiger partial charge < -0.3 is 0 Å². The van der Waals surface area contributed by atoms with Gasteiger partial charge in [-0.2, -0.15) is 0 Å². The van der Waals surface area contributed by atoms with Crippen LogP contribution in [0.3, 0.4) is 0 Å². The van der Waals surface area contributed by atoms with Crippen molar-refractivity contribution in [3.63, 3.8) is 0 Å². The molecule has 0 spiro atoms. The maximum atomic E-state index is 9.87. The van der Waals surface area contributed by atoms with Gasteiger partial charge in [-0.05, 0) is 18.6 Å². The molecule has 0 atom stereocenters. The molecule has 0 bridgehead atoms. The fraction of sp³-hybridized carbons (Fsp3) is 0.154. The third-order valence-electron chi connectivity index (χ3n) is 1.27. The zero-order valence-electron chi connectivity index (χ0n) is 13.5. The molecular weight excluding hydrogens is 467 g/mol. The Hall–Kier alpha value is -1.12. The van der Waals surface area contributed by atoms with Crippen LogP contribution in [-0.4, -0.2) is 13.3 Å². The maximum absolute atomic E-state index is 10.7. The molecule has 0 aliphatic carbocycles. The molecule has 0 aliphatic rings. The number of rotatable bonds is 1. The average Bonchev–Trinajstić information content (AvgIpc) is 2.62. The first-order valence-electron chi connectivity index (χ1n) is 5.06. The van der Waals surface area contributed by atoms with Crippen molar-refractivity contribution in [3.8, 4) is 0 Å². The summed E-state index contributed by atoms with van der Waals surface area (Å²) in [5.41, 5.74) is 0. The number of benzene rings is 1. The van der Waals surface area contributed by atoms with E-state index in [9.17, 15) is 25.2 Å². The van der Waals surface area contributed by atoms with Crippen LogP contribution in [0.25, 0.3) is 0 Å². The SMILES string of the molecule is CP(C)c1ccccc1.F[P-](F)(F)(F)(F)F.[C-]#[O+].[C-]#[O+].[C-]#[O+].[C-]#[O+].[C-]#[O+].[Mn]. The zero-order chi connectivity index (χ0) is 23.1. The Morgan fingerprint density at radius 2 is 0.815 bits per heavy atom. The molecule has 1 aromatic rings. The van der Waals surface area contributed by atoms with Crippen LogP contribution in [0, 0.1) is 33.3 Å². The first kappa shape index (κ1) is 44.9. The Morgan fingerprint density at radius 3 is 0.926 bits per heavy atom. The molecule has 1 radical (unpaired) electrons. The topological polar surface area (TPSA) is 99.5 Å². The molecule has 14 heteroatoms. The summed E-state index contributed by atoms with van der Waals surface area (Å²) < 4.78 is 96.7. The van der Waals surface area contributed by atoms with Crippen molar-refractivity contribution in [2.24, 2.45) is 0 Å². The Labute approximate surface area is 164 Å². The van der Waals surface area contributed by atoms with E-state index in [4.69, 9.17) is 23.3 Å². The minimum atomic E-state index is -10.7. The zero-order valence-corrected chi connectivity index (χ0v) is 16.4. The average molecular weight is 478 g/mol. The van der Waals surface area contributed by atoms with E-state index < -0.39 is 7.81 Å². The molecule has 27 heavy (non-hydrogen) atoms. The van der Waals surface area contributed by atoms with Crippen molar-refractivity contribution >= 4 is 21.0 Å². The van der Waals surface area contributed by atoms with E-state index in [0.29, 0.717) is 0 Å². The summed E-state index contributed by atoms with van der Waals surface area (Å²) in [5.74, 6) is 0. The Bertz CT molecular complexity index is 493. The fourth-order valence-corrected chi connectivity index (χ4v) is 1.49. The van der Waals surface area contributed by atoms with Crippen LogP contribution < -0.4 is 5.30 Å². The molecule has 1 rings (SSSR count). The number of halogens is 6. The number of hydrogen-bond donors (Lipinski definition) is 0. The summed E-state index contributed by atoms with van der Waals surface area (Å²) in [5, 5.41) is 1.48. The van der Waals surface area contributed by atoms with Crippen LogP contribution in [0.2, 0.25) is 0 Å². The Balaban J connectivity index is -0.0000000400. The minimum absolute atomic E-state index is 0. The third-order valence-corrected chi connectivity index (χ3v) is 2.60. The summed E-state index contributed by atoms with van der Waals surface area (Å²) in [7, 11) is -10.6. The second kappa shape index (κ2) is 22.9. The minimum Gasteiger partial charge on any atom is 0 e. The standard InChI is InChI=1S/C8H11P.5CO.F6P.Mn/c1-9(2)8-6-4-3-5-7-8;5*1-2;1-7(2,3,4,5)6;/h3-7H,1-2H3;;;;;;;/q;;;;;;-1;. The van der Waals surface area contributed by atoms with Gasteiger partial charge in [-0.3, -0.25) is 0 Å². The molecule has 0 amide bonds. The molecule has 5 nitrogen and oxygen atoms in total. The van der Waals surface area contributed by atoms with Gasteiger partial charge >= 0.3 is 89.5 Å². The summed E-state index contributed by atoms with van der Waals surface area (Å²) in [6, 6.07) is 10.6. The molecular formula is C13H11F6MnO5P2-. The van der Waals surface area contributed by atoms with E-state index in [2.05, 4.69) is 76.9 Å². The molecule has 0 aliphatic heterocycles. The van der Waals surface area contributed by atoms with Crippen molar-refractivity contribution in [2.45, 2.75) is 0 Å². The fourth-order valence-electron chi connectivity index (χ4n) is 0.726. The Kier molecular flexibility index (Phi) is 38.2. The molecule has 0 saturated heterocycles. The van der Waals surface area contributed by atoms with Crippen molar-refractivity contribution in [1.82, 2.24) is 0 Å². The smallest absolute Gasteiger partial charge is 0 e. The van der Waals surface area contributed by atoms with Crippen molar-refractivity contribution in [2.75, 3.05) is 13.3 Å². The van der Waals surface area contributed by atoms with Gasteiger partial charge in [0.2, 0.25) is 0 Å². The first-order valence-corrected chi connectivity index (χ1v) is 9.33. The summed E-state index contributed by atoms with van der Waals surface area (Å²) in [4.78, 5) is 0. The second-order valence-corrected chi connectivity index (χ2v) is 7.41. The van der Waals surface area contributed by atoms with Crippen LogP contribution in [0.4, 0.5) is 25.2 Å². The van der Waals surface area contributed by atoms with E-state index in [-0.39, 0.29) is 25.0 Å². The molecule has 153 valence electrons. The molecule has 0 heterocycles.